The standard InChI is InChI=1S/C29H27BrN2O5/c1-3-4-14-36-23-11-9-22(10-12-23)32-28(34)24(27(33)31-29(32)35)16-20-8-13-26(25(30)17-20)37-18-21-7-5-6-19(2)15-21/h5-13,15-17H,3-4,14,18H2,1-2H3,(H,31,33,35)/b24-16-. The van der Waals surface area contributed by atoms with Crippen LogP contribution in [-0.2, 0) is 16.2 Å². The summed E-state index contributed by atoms with van der Waals surface area (Å²) in [7, 11) is 0. The molecule has 1 heterocycles. The van der Waals surface area contributed by atoms with Crippen molar-refractivity contribution in [1.29, 1.82) is 0 Å². The number of rotatable bonds is 9. The van der Waals surface area contributed by atoms with Crippen LogP contribution in [0.1, 0.15) is 36.5 Å². The van der Waals surface area contributed by atoms with Crippen LogP contribution in [-0.4, -0.2) is 24.5 Å². The number of carbonyl (C=O) groups excluding carboxylic acids is 3. The predicted molar refractivity (Wildman–Crippen MR) is 145 cm³/mol. The summed E-state index contributed by atoms with van der Waals surface area (Å²) < 4.78 is 12.2. The van der Waals surface area contributed by atoms with Gasteiger partial charge in [-0.2, -0.15) is 0 Å². The van der Waals surface area contributed by atoms with Crippen LogP contribution in [0.2, 0.25) is 0 Å². The molecule has 1 N–H and O–H groups in total. The summed E-state index contributed by atoms with van der Waals surface area (Å²) in [6.45, 7) is 5.09. The topological polar surface area (TPSA) is 84.9 Å². The quantitative estimate of drug-likeness (QED) is 0.191. The van der Waals surface area contributed by atoms with Crippen LogP contribution in [0.5, 0.6) is 11.5 Å². The van der Waals surface area contributed by atoms with Crippen LogP contribution in [0.4, 0.5) is 10.5 Å². The van der Waals surface area contributed by atoms with Crippen molar-refractivity contribution >= 4 is 45.5 Å². The molecular formula is C29H27BrN2O5. The number of urea groups is 1. The van der Waals surface area contributed by atoms with Crippen LogP contribution >= 0.6 is 15.9 Å². The number of halogens is 1. The molecule has 190 valence electrons. The van der Waals surface area contributed by atoms with E-state index >= 15 is 0 Å². The third kappa shape index (κ3) is 6.46. The fourth-order valence-corrected chi connectivity index (χ4v) is 4.28. The summed E-state index contributed by atoms with van der Waals surface area (Å²) in [6.07, 6.45) is 3.40. The van der Waals surface area contributed by atoms with Gasteiger partial charge < -0.3 is 9.47 Å². The first kappa shape index (κ1) is 26.2. The van der Waals surface area contributed by atoms with E-state index in [1.165, 1.54) is 6.08 Å². The maximum absolute atomic E-state index is 13.2. The number of barbiturate groups is 1. The average Bonchev–Trinajstić information content (AvgIpc) is 2.87. The second kappa shape index (κ2) is 11.9. The molecule has 8 heteroatoms. The van der Waals surface area contributed by atoms with E-state index in [0.717, 1.165) is 28.9 Å². The normalized spacial score (nSPS) is 14.6. The Labute approximate surface area is 224 Å². The summed E-state index contributed by atoms with van der Waals surface area (Å²) >= 11 is 3.50. The Balaban J connectivity index is 1.50. The Morgan fingerprint density at radius 2 is 1.76 bits per heavy atom. The largest absolute Gasteiger partial charge is 0.494 e. The highest BCUT2D eigenvalue weighted by atomic mass is 79.9. The molecule has 3 aromatic rings. The van der Waals surface area contributed by atoms with Crippen LogP contribution in [0.25, 0.3) is 6.08 Å². The SMILES string of the molecule is CCCCOc1ccc(N2C(=O)NC(=O)/C(=C/c3ccc(OCc4cccc(C)c4)c(Br)c3)C2=O)cc1. The lowest BCUT2D eigenvalue weighted by Gasteiger charge is -2.26. The Hall–Kier alpha value is -3.91. The van der Waals surface area contributed by atoms with Gasteiger partial charge in [0.05, 0.1) is 16.8 Å². The second-order valence-electron chi connectivity index (χ2n) is 8.62. The molecule has 4 rings (SSSR count). The molecule has 0 spiro atoms. The van der Waals surface area contributed by atoms with Gasteiger partial charge in [0.1, 0.15) is 23.7 Å². The van der Waals surface area contributed by atoms with Crippen molar-refractivity contribution in [3.05, 3.63) is 93.5 Å². The van der Waals surface area contributed by atoms with E-state index < -0.39 is 17.8 Å². The van der Waals surface area contributed by atoms with Crippen molar-refractivity contribution < 1.29 is 23.9 Å². The lowest BCUT2D eigenvalue weighted by molar-refractivity contribution is -0.122. The molecule has 0 saturated carbocycles. The zero-order valence-corrected chi connectivity index (χ0v) is 22.2. The molecule has 37 heavy (non-hydrogen) atoms. The van der Waals surface area contributed by atoms with Gasteiger partial charge in [-0.05, 0) is 82.9 Å². The molecule has 3 aromatic carbocycles. The number of anilines is 1. The van der Waals surface area contributed by atoms with E-state index in [1.807, 2.05) is 25.1 Å². The summed E-state index contributed by atoms with van der Waals surface area (Å²) in [5.74, 6) is -0.185. The first-order chi connectivity index (χ1) is 17.9. The number of hydrogen-bond donors (Lipinski definition) is 1. The number of benzene rings is 3. The van der Waals surface area contributed by atoms with Crippen LogP contribution < -0.4 is 19.7 Å². The van der Waals surface area contributed by atoms with E-state index in [-0.39, 0.29) is 5.57 Å². The lowest BCUT2D eigenvalue weighted by Crippen LogP contribution is -2.54. The highest BCUT2D eigenvalue weighted by molar-refractivity contribution is 9.10. The Morgan fingerprint density at radius 3 is 2.46 bits per heavy atom. The molecule has 0 atom stereocenters. The second-order valence-corrected chi connectivity index (χ2v) is 9.48. The number of ether oxygens (including phenoxy) is 2. The summed E-state index contributed by atoms with van der Waals surface area (Å²) in [4.78, 5) is 39.2. The molecule has 0 aliphatic carbocycles. The smallest absolute Gasteiger partial charge is 0.335 e. The molecule has 0 bridgehead atoms. The maximum atomic E-state index is 13.2. The fourth-order valence-electron chi connectivity index (χ4n) is 3.77. The van der Waals surface area contributed by atoms with Gasteiger partial charge in [0.25, 0.3) is 11.8 Å². The van der Waals surface area contributed by atoms with Crippen LogP contribution in [0, 0.1) is 6.92 Å². The number of hydrogen-bond acceptors (Lipinski definition) is 5. The number of imide groups is 2. The van der Waals surface area contributed by atoms with Crippen molar-refractivity contribution in [3.63, 3.8) is 0 Å². The lowest BCUT2D eigenvalue weighted by atomic mass is 10.1. The van der Waals surface area contributed by atoms with Gasteiger partial charge in [-0.1, -0.05) is 49.2 Å². The number of unbranched alkanes of at least 4 members (excludes halogenated alkanes) is 1. The molecule has 1 fully saturated rings. The van der Waals surface area contributed by atoms with Gasteiger partial charge in [0.2, 0.25) is 0 Å². The van der Waals surface area contributed by atoms with Gasteiger partial charge >= 0.3 is 6.03 Å². The van der Waals surface area contributed by atoms with Crippen molar-refractivity contribution in [2.45, 2.75) is 33.3 Å². The minimum Gasteiger partial charge on any atom is -0.494 e. The first-order valence-corrected chi connectivity index (χ1v) is 12.8. The fraction of sp³-hybridized carbons (Fsp3) is 0.207. The average molecular weight is 563 g/mol. The molecule has 1 aliphatic heterocycles. The van der Waals surface area contributed by atoms with Gasteiger partial charge in [0, 0.05) is 0 Å². The number of aryl methyl sites for hydroxylation is 1. The predicted octanol–water partition coefficient (Wildman–Crippen LogP) is 6.18. The minimum atomic E-state index is -0.798. The van der Waals surface area contributed by atoms with Crippen molar-refractivity contribution in [1.82, 2.24) is 5.32 Å². The monoisotopic (exact) mass is 562 g/mol. The summed E-state index contributed by atoms with van der Waals surface area (Å²) in [5.41, 5.74) is 2.99. The summed E-state index contributed by atoms with van der Waals surface area (Å²) in [6, 6.07) is 19.1. The number of carbonyl (C=O) groups is 3. The molecule has 0 unspecified atom stereocenters. The third-order valence-corrected chi connectivity index (χ3v) is 6.33. The molecule has 1 aliphatic rings. The van der Waals surface area contributed by atoms with E-state index in [2.05, 4.69) is 34.2 Å². The minimum absolute atomic E-state index is 0.150. The molecular weight excluding hydrogens is 536 g/mol. The van der Waals surface area contributed by atoms with Crippen molar-refractivity contribution in [2.75, 3.05) is 11.5 Å². The van der Waals surface area contributed by atoms with Crippen LogP contribution in [0.15, 0.2) is 76.8 Å². The molecule has 1 saturated heterocycles. The maximum Gasteiger partial charge on any atom is 0.335 e. The molecule has 7 nitrogen and oxygen atoms in total. The molecule has 0 radical (unpaired) electrons. The van der Waals surface area contributed by atoms with Gasteiger partial charge in [-0.25, -0.2) is 9.69 Å². The van der Waals surface area contributed by atoms with Gasteiger partial charge in [-0.15, -0.1) is 0 Å². The van der Waals surface area contributed by atoms with Gasteiger partial charge in [-0.3, -0.25) is 14.9 Å². The Bertz CT molecular complexity index is 1350. The Morgan fingerprint density at radius 1 is 0.973 bits per heavy atom. The van der Waals surface area contributed by atoms with Gasteiger partial charge in [0.15, 0.2) is 0 Å². The van der Waals surface area contributed by atoms with Crippen molar-refractivity contribution in [3.8, 4) is 11.5 Å². The number of nitrogens with zero attached hydrogens (tertiary/aromatic N) is 1. The molecule has 0 aromatic heterocycles. The number of nitrogens with one attached hydrogen (secondary N) is 1. The first-order valence-electron chi connectivity index (χ1n) is 12.0. The highest BCUT2D eigenvalue weighted by Gasteiger charge is 2.36. The highest BCUT2D eigenvalue weighted by Crippen LogP contribution is 2.29. The van der Waals surface area contributed by atoms with E-state index in [1.54, 1.807) is 42.5 Å². The Kier molecular flexibility index (Phi) is 8.40. The molecule has 4 amide bonds. The zero-order valence-electron chi connectivity index (χ0n) is 20.6. The van der Waals surface area contributed by atoms with E-state index in [9.17, 15) is 14.4 Å². The summed E-state index contributed by atoms with van der Waals surface area (Å²) in [5, 5.41) is 2.25. The zero-order chi connectivity index (χ0) is 26.4. The van der Waals surface area contributed by atoms with E-state index in [0.29, 0.717) is 40.4 Å². The third-order valence-electron chi connectivity index (χ3n) is 5.71. The van der Waals surface area contributed by atoms with E-state index in [4.69, 9.17) is 9.47 Å². The van der Waals surface area contributed by atoms with Crippen molar-refractivity contribution in [2.24, 2.45) is 0 Å². The van der Waals surface area contributed by atoms with Crippen LogP contribution in [0.3, 0.4) is 0 Å². The number of amides is 4.